The minimum atomic E-state index is 0.147. The van der Waals surface area contributed by atoms with Gasteiger partial charge in [0.25, 0.3) is 0 Å². The van der Waals surface area contributed by atoms with Crippen LogP contribution in [0.4, 0.5) is 5.69 Å². The molecule has 0 unspecified atom stereocenters. The second-order valence-corrected chi connectivity index (χ2v) is 3.43. The van der Waals surface area contributed by atoms with Gasteiger partial charge in [-0.1, -0.05) is 18.2 Å². The Labute approximate surface area is 83.1 Å². The van der Waals surface area contributed by atoms with Gasteiger partial charge in [-0.15, -0.1) is 0 Å². The fourth-order valence-electron chi connectivity index (χ4n) is 0.936. The molecule has 0 atom stereocenters. The number of benzene rings is 1. The molecular formula is C8H7NO2S2. The van der Waals surface area contributed by atoms with Crippen molar-refractivity contribution < 1.29 is 8.42 Å². The summed E-state index contributed by atoms with van der Waals surface area (Å²) in [5, 5.41) is 0. The fraction of sp³-hybridized carbons (Fsp3) is 0.125. The van der Waals surface area contributed by atoms with Gasteiger partial charge in [0.2, 0.25) is 11.5 Å². The molecular weight excluding hydrogens is 206 g/mol. The molecule has 0 spiro atoms. The molecule has 0 saturated heterocycles. The molecule has 0 fully saturated rings. The molecule has 0 radical (unpaired) electrons. The van der Waals surface area contributed by atoms with Crippen LogP contribution in [0.25, 0.3) is 0 Å². The molecule has 3 nitrogen and oxygen atoms in total. The molecule has 0 bridgehead atoms. The normalized spacial score (nSPS) is 9.00. The zero-order valence-electron chi connectivity index (χ0n) is 6.89. The van der Waals surface area contributed by atoms with E-state index in [0.717, 1.165) is 5.56 Å². The summed E-state index contributed by atoms with van der Waals surface area (Å²) in [6.45, 7) is 1.71. The smallest absolute Gasteiger partial charge is 0.205 e. The van der Waals surface area contributed by atoms with Gasteiger partial charge in [0.05, 0.1) is 21.8 Å². The molecule has 5 heteroatoms. The fourth-order valence-corrected chi connectivity index (χ4v) is 1.44. The third kappa shape index (κ3) is 2.43. The van der Waals surface area contributed by atoms with Gasteiger partial charge in [0.1, 0.15) is 0 Å². The van der Waals surface area contributed by atoms with E-state index in [-0.39, 0.29) is 11.5 Å². The highest BCUT2D eigenvalue weighted by molar-refractivity contribution is 7.67. The minimum absolute atomic E-state index is 0.147. The summed E-state index contributed by atoms with van der Waals surface area (Å²) in [6.07, 6.45) is 0. The SMILES string of the molecule is CC(=S=O)c1ccccc1N=S=O. The summed E-state index contributed by atoms with van der Waals surface area (Å²) in [4.78, 5) is 0.619. The van der Waals surface area contributed by atoms with Crippen LogP contribution in [0.2, 0.25) is 0 Å². The average Bonchev–Trinajstić information content (AvgIpc) is 2.18. The number of rotatable bonds is 2. The van der Waals surface area contributed by atoms with Crippen LogP contribution in [0.3, 0.4) is 0 Å². The van der Waals surface area contributed by atoms with Gasteiger partial charge in [-0.05, 0) is 13.0 Å². The first-order valence-electron chi connectivity index (χ1n) is 3.52. The van der Waals surface area contributed by atoms with E-state index in [0.29, 0.717) is 21.8 Å². The zero-order chi connectivity index (χ0) is 9.68. The Balaban J connectivity index is 3.35. The molecule has 0 aliphatic carbocycles. The Kier molecular flexibility index (Phi) is 3.72. The quantitative estimate of drug-likeness (QED) is 0.551. The van der Waals surface area contributed by atoms with Crippen molar-refractivity contribution in [2.45, 2.75) is 6.92 Å². The lowest BCUT2D eigenvalue weighted by atomic mass is 10.1. The number of hydrogen-bond donors (Lipinski definition) is 0. The van der Waals surface area contributed by atoms with E-state index in [4.69, 9.17) is 0 Å². The summed E-state index contributed by atoms with van der Waals surface area (Å²) in [5.74, 6) is 0. The maximum Gasteiger partial charge on any atom is 0.205 e. The molecule has 0 aromatic heterocycles. The van der Waals surface area contributed by atoms with Crippen molar-refractivity contribution in [1.82, 2.24) is 0 Å². The first-order valence-corrected chi connectivity index (χ1v) is 4.96. The van der Waals surface area contributed by atoms with Crippen molar-refractivity contribution in [2.24, 2.45) is 4.36 Å². The summed E-state index contributed by atoms with van der Waals surface area (Å²) in [7, 11) is 0. The highest BCUT2D eigenvalue weighted by Crippen LogP contribution is 2.18. The first kappa shape index (κ1) is 10.0. The third-order valence-electron chi connectivity index (χ3n) is 1.54. The first-order chi connectivity index (χ1) is 6.29. The van der Waals surface area contributed by atoms with Crippen molar-refractivity contribution in [3.63, 3.8) is 0 Å². The maximum absolute atomic E-state index is 10.5. The van der Waals surface area contributed by atoms with Gasteiger partial charge >= 0.3 is 0 Å². The standard InChI is InChI=1S/C8H7NO2S2/c1-6(12-10)7-4-2-3-5-8(7)9-13-11/h2-5H,1H3. The Morgan fingerprint density at radius 1 is 1.31 bits per heavy atom. The van der Waals surface area contributed by atoms with Crippen LogP contribution in [-0.2, 0) is 22.7 Å². The summed E-state index contributed by atoms with van der Waals surface area (Å²) in [6, 6.07) is 7.07. The van der Waals surface area contributed by atoms with Crippen LogP contribution in [0.1, 0.15) is 12.5 Å². The van der Waals surface area contributed by atoms with Crippen LogP contribution < -0.4 is 0 Å². The number of hydrogen-bond acceptors (Lipinski definition) is 3. The maximum atomic E-state index is 10.5. The van der Waals surface area contributed by atoms with E-state index in [9.17, 15) is 8.42 Å². The minimum Gasteiger partial charge on any atom is -0.212 e. The molecule has 1 rings (SSSR count). The summed E-state index contributed by atoms with van der Waals surface area (Å²) in [5.41, 5.74) is 1.29. The van der Waals surface area contributed by atoms with Crippen molar-refractivity contribution in [2.75, 3.05) is 0 Å². The van der Waals surface area contributed by atoms with Crippen molar-refractivity contribution in [3.8, 4) is 0 Å². The molecule has 0 amide bonds. The van der Waals surface area contributed by atoms with Crippen molar-refractivity contribution in [3.05, 3.63) is 29.8 Å². The van der Waals surface area contributed by atoms with Crippen molar-refractivity contribution >= 4 is 33.3 Å². The molecule has 1 aromatic rings. The molecule has 0 N–H and O–H groups in total. The average molecular weight is 213 g/mol. The van der Waals surface area contributed by atoms with Crippen LogP contribution in [0, 0.1) is 0 Å². The highest BCUT2D eigenvalue weighted by Gasteiger charge is 2.02. The van der Waals surface area contributed by atoms with Crippen LogP contribution in [-0.4, -0.2) is 13.3 Å². The molecule has 0 aliphatic rings. The topological polar surface area (TPSA) is 46.5 Å². The van der Waals surface area contributed by atoms with Gasteiger partial charge in [-0.2, -0.15) is 8.57 Å². The lowest BCUT2D eigenvalue weighted by Crippen LogP contribution is -1.93. The van der Waals surface area contributed by atoms with Gasteiger partial charge in [-0.3, -0.25) is 0 Å². The molecule has 0 aliphatic heterocycles. The Morgan fingerprint density at radius 3 is 2.62 bits per heavy atom. The van der Waals surface area contributed by atoms with Crippen LogP contribution in [0.15, 0.2) is 28.6 Å². The monoisotopic (exact) mass is 213 g/mol. The zero-order valence-corrected chi connectivity index (χ0v) is 8.52. The van der Waals surface area contributed by atoms with Crippen LogP contribution in [0.5, 0.6) is 0 Å². The largest absolute Gasteiger partial charge is 0.212 e. The van der Waals surface area contributed by atoms with Gasteiger partial charge in [-0.25, -0.2) is 4.21 Å². The second-order valence-electron chi connectivity index (χ2n) is 2.32. The van der Waals surface area contributed by atoms with Gasteiger partial charge < -0.3 is 0 Å². The van der Waals surface area contributed by atoms with Gasteiger partial charge in [0.15, 0.2) is 0 Å². The Bertz CT molecular complexity index is 418. The molecule has 1 aromatic carbocycles. The van der Waals surface area contributed by atoms with Crippen LogP contribution >= 0.6 is 0 Å². The lowest BCUT2D eigenvalue weighted by Gasteiger charge is -1.99. The van der Waals surface area contributed by atoms with E-state index in [1.54, 1.807) is 25.1 Å². The molecule has 13 heavy (non-hydrogen) atoms. The highest BCUT2D eigenvalue weighted by atomic mass is 32.1. The Morgan fingerprint density at radius 2 is 2.00 bits per heavy atom. The Hall–Kier alpha value is -1.07. The van der Waals surface area contributed by atoms with E-state index in [1.165, 1.54) is 0 Å². The van der Waals surface area contributed by atoms with E-state index in [1.807, 2.05) is 6.07 Å². The predicted molar refractivity (Wildman–Crippen MR) is 54.6 cm³/mol. The second kappa shape index (κ2) is 4.84. The summed E-state index contributed by atoms with van der Waals surface area (Å²) < 4.78 is 24.4. The van der Waals surface area contributed by atoms with E-state index in [2.05, 4.69) is 4.36 Å². The molecule has 0 saturated carbocycles. The van der Waals surface area contributed by atoms with E-state index < -0.39 is 0 Å². The van der Waals surface area contributed by atoms with Gasteiger partial charge in [0, 0.05) is 5.56 Å². The lowest BCUT2D eigenvalue weighted by molar-refractivity contribution is 0.698. The number of nitrogens with zero attached hydrogens (tertiary/aromatic N) is 1. The predicted octanol–water partition coefficient (Wildman–Crippen LogP) is 1.47. The van der Waals surface area contributed by atoms with E-state index >= 15 is 0 Å². The summed E-state index contributed by atoms with van der Waals surface area (Å²) >= 11 is 0.560. The van der Waals surface area contributed by atoms with Crippen molar-refractivity contribution in [1.29, 1.82) is 0 Å². The molecule has 0 heterocycles. The third-order valence-corrected chi connectivity index (χ3v) is 2.29. The molecule has 68 valence electrons.